The lowest BCUT2D eigenvalue weighted by atomic mass is 10.0. The Hall–Kier alpha value is -1.12. The second kappa shape index (κ2) is 7.61. The molecule has 0 bridgehead atoms. The average molecular weight is 272 g/mol. The molecule has 0 saturated carbocycles. The van der Waals surface area contributed by atoms with Gasteiger partial charge in [-0.2, -0.15) is 0 Å². The lowest BCUT2D eigenvalue weighted by Crippen LogP contribution is -2.29. The van der Waals surface area contributed by atoms with Crippen LogP contribution in [0.5, 0.6) is 0 Å². The number of benzene rings is 1. The predicted octanol–water partition coefficient (Wildman–Crippen LogP) is 3.38. The van der Waals surface area contributed by atoms with Crippen molar-refractivity contribution in [2.45, 2.75) is 46.2 Å². The zero-order valence-corrected chi connectivity index (χ0v) is 13.2. The smallest absolute Gasteiger partial charge is 0.0239 e. The van der Waals surface area contributed by atoms with Crippen LogP contribution in [0.4, 0.5) is 0 Å². The third-order valence-electron chi connectivity index (χ3n) is 3.98. The summed E-state index contributed by atoms with van der Waals surface area (Å²) in [7, 11) is 0. The fourth-order valence-corrected chi connectivity index (χ4v) is 2.65. The van der Waals surface area contributed by atoms with Crippen molar-refractivity contribution in [3.05, 3.63) is 47.0 Å². The Bertz CT molecular complexity index is 448. The molecular weight excluding hydrogens is 244 g/mol. The molecule has 0 spiro atoms. The molecule has 0 fully saturated rings. The minimum absolute atomic E-state index is 0.567. The highest BCUT2D eigenvalue weighted by Gasteiger charge is 2.11. The first-order chi connectivity index (χ1) is 9.65. The van der Waals surface area contributed by atoms with Crippen molar-refractivity contribution in [1.29, 1.82) is 0 Å². The van der Waals surface area contributed by atoms with Crippen LogP contribution in [-0.4, -0.2) is 30.6 Å². The van der Waals surface area contributed by atoms with Gasteiger partial charge in [0, 0.05) is 25.7 Å². The van der Waals surface area contributed by atoms with E-state index in [1.165, 1.54) is 29.7 Å². The van der Waals surface area contributed by atoms with Crippen LogP contribution in [0.15, 0.2) is 35.9 Å². The molecule has 2 heteroatoms. The molecule has 2 nitrogen and oxygen atoms in total. The van der Waals surface area contributed by atoms with Gasteiger partial charge in [0.1, 0.15) is 0 Å². The summed E-state index contributed by atoms with van der Waals surface area (Å²) in [6.07, 6.45) is 4.71. The fourth-order valence-electron chi connectivity index (χ4n) is 2.65. The van der Waals surface area contributed by atoms with E-state index in [0.717, 1.165) is 26.1 Å². The zero-order valence-electron chi connectivity index (χ0n) is 13.2. The topological polar surface area (TPSA) is 15.3 Å². The number of nitrogens with one attached hydrogen (secondary N) is 1. The predicted molar refractivity (Wildman–Crippen MR) is 86.9 cm³/mol. The summed E-state index contributed by atoms with van der Waals surface area (Å²) in [6, 6.07) is 9.46. The minimum Gasteiger partial charge on any atom is -0.314 e. The third-order valence-corrected chi connectivity index (χ3v) is 3.98. The van der Waals surface area contributed by atoms with E-state index in [1.54, 1.807) is 0 Å². The molecule has 110 valence electrons. The summed E-state index contributed by atoms with van der Waals surface area (Å²) in [6.45, 7) is 11.1. The van der Waals surface area contributed by atoms with E-state index in [0.29, 0.717) is 6.04 Å². The monoisotopic (exact) mass is 272 g/mol. The van der Waals surface area contributed by atoms with E-state index in [1.807, 2.05) is 0 Å². The van der Waals surface area contributed by atoms with E-state index in [9.17, 15) is 0 Å². The Kier molecular flexibility index (Phi) is 5.81. The summed E-state index contributed by atoms with van der Waals surface area (Å²) in [5.74, 6) is 0. The number of hydrogen-bond acceptors (Lipinski definition) is 2. The molecule has 0 unspecified atom stereocenters. The van der Waals surface area contributed by atoms with Gasteiger partial charge in [0.25, 0.3) is 0 Å². The van der Waals surface area contributed by atoms with Gasteiger partial charge in [-0.15, -0.1) is 0 Å². The molecule has 20 heavy (non-hydrogen) atoms. The van der Waals surface area contributed by atoms with Crippen molar-refractivity contribution in [2.24, 2.45) is 0 Å². The van der Waals surface area contributed by atoms with Crippen LogP contribution in [0.2, 0.25) is 0 Å². The van der Waals surface area contributed by atoms with Crippen LogP contribution in [0, 0.1) is 0 Å². The average Bonchev–Trinajstić information content (AvgIpc) is 2.43. The lowest BCUT2D eigenvalue weighted by Gasteiger charge is -2.26. The molecule has 1 aliphatic heterocycles. The summed E-state index contributed by atoms with van der Waals surface area (Å²) in [5.41, 5.74) is 4.52. The molecular formula is C18H28N2. The maximum Gasteiger partial charge on any atom is 0.0239 e. The highest BCUT2D eigenvalue weighted by molar-refractivity contribution is 5.27. The number of hydrogen-bond donors (Lipinski definition) is 1. The molecule has 0 saturated heterocycles. The molecule has 2 rings (SSSR count). The molecule has 0 aliphatic carbocycles. The van der Waals surface area contributed by atoms with E-state index in [-0.39, 0.29) is 0 Å². The van der Waals surface area contributed by atoms with Crippen LogP contribution in [0.3, 0.4) is 0 Å². The molecule has 0 radical (unpaired) electrons. The van der Waals surface area contributed by atoms with Gasteiger partial charge >= 0.3 is 0 Å². The van der Waals surface area contributed by atoms with Crippen LogP contribution in [0.1, 0.15) is 38.3 Å². The highest BCUT2D eigenvalue weighted by Crippen LogP contribution is 2.16. The minimum atomic E-state index is 0.567. The first-order valence-electron chi connectivity index (χ1n) is 7.83. The summed E-state index contributed by atoms with van der Waals surface area (Å²) >= 11 is 0. The van der Waals surface area contributed by atoms with Crippen LogP contribution in [0.25, 0.3) is 0 Å². The third kappa shape index (κ3) is 4.77. The van der Waals surface area contributed by atoms with Crippen molar-refractivity contribution in [2.75, 3.05) is 19.6 Å². The molecule has 0 atom stereocenters. The van der Waals surface area contributed by atoms with Crippen molar-refractivity contribution in [1.82, 2.24) is 10.2 Å². The molecule has 1 heterocycles. The van der Waals surface area contributed by atoms with E-state index in [2.05, 4.69) is 61.3 Å². The summed E-state index contributed by atoms with van der Waals surface area (Å²) in [5, 5.41) is 3.51. The SMILES string of the molecule is CC1=CCN(Cc2ccccc2CCNC(C)C)CC1. The van der Waals surface area contributed by atoms with Gasteiger partial charge in [-0.05, 0) is 37.4 Å². The quantitative estimate of drug-likeness (QED) is 0.799. The Labute approximate surface area is 123 Å². The van der Waals surface area contributed by atoms with Gasteiger partial charge < -0.3 is 5.32 Å². The number of rotatable bonds is 6. The summed E-state index contributed by atoms with van der Waals surface area (Å²) in [4.78, 5) is 2.54. The Balaban J connectivity index is 1.93. The van der Waals surface area contributed by atoms with E-state index < -0.39 is 0 Å². The largest absolute Gasteiger partial charge is 0.314 e. The fraction of sp³-hybridized carbons (Fsp3) is 0.556. The van der Waals surface area contributed by atoms with Gasteiger partial charge in [-0.3, -0.25) is 4.90 Å². The molecule has 0 aromatic heterocycles. The van der Waals surface area contributed by atoms with Crippen LogP contribution in [-0.2, 0) is 13.0 Å². The van der Waals surface area contributed by atoms with Crippen molar-refractivity contribution in [3.8, 4) is 0 Å². The van der Waals surface area contributed by atoms with Crippen molar-refractivity contribution < 1.29 is 0 Å². The zero-order chi connectivity index (χ0) is 14.4. The maximum atomic E-state index is 3.51. The van der Waals surface area contributed by atoms with Gasteiger partial charge in [-0.1, -0.05) is 49.8 Å². The maximum absolute atomic E-state index is 3.51. The normalized spacial score (nSPS) is 16.5. The van der Waals surface area contributed by atoms with Crippen molar-refractivity contribution >= 4 is 0 Å². The van der Waals surface area contributed by atoms with E-state index in [4.69, 9.17) is 0 Å². The molecule has 1 N–H and O–H groups in total. The highest BCUT2D eigenvalue weighted by atomic mass is 15.1. The van der Waals surface area contributed by atoms with Crippen molar-refractivity contribution in [3.63, 3.8) is 0 Å². The standard InChI is InChI=1S/C18H28N2/c1-15(2)19-11-8-17-6-4-5-7-18(17)14-20-12-9-16(3)10-13-20/h4-7,9,15,19H,8,10-14H2,1-3H3. The number of nitrogens with zero attached hydrogens (tertiary/aromatic N) is 1. The lowest BCUT2D eigenvalue weighted by molar-refractivity contribution is 0.285. The first-order valence-corrected chi connectivity index (χ1v) is 7.83. The molecule has 0 amide bonds. The van der Waals surface area contributed by atoms with Gasteiger partial charge in [0.2, 0.25) is 0 Å². The van der Waals surface area contributed by atoms with Crippen LogP contribution < -0.4 is 5.32 Å². The van der Waals surface area contributed by atoms with Gasteiger partial charge in [0.15, 0.2) is 0 Å². The second-order valence-corrected chi connectivity index (χ2v) is 6.16. The van der Waals surface area contributed by atoms with Gasteiger partial charge in [-0.25, -0.2) is 0 Å². The molecule has 1 aliphatic rings. The second-order valence-electron chi connectivity index (χ2n) is 6.16. The van der Waals surface area contributed by atoms with Gasteiger partial charge in [0.05, 0.1) is 0 Å². The Morgan fingerprint density at radius 1 is 1.20 bits per heavy atom. The van der Waals surface area contributed by atoms with E-state index >= 15 is 0 Å². The molecule has 1 aromatic rings. The summed E-state index contributed by atoms with van der Waals surface area (Å²) < 4.78 is 0. The first kappa shape index (κ1) is 15.3. The van der Waals surface area contributed by atoms with Crippen LogP contribution >= 0.6 is 0 Å². The Morgan fingerprint density at radius 2 is 1.95 bits per heavy atom. The molecule has 1 aromatic carbocycles. The Morgan fingerprint density at radius 3 is 2.60 bits per heavy atom.